The molecule has 0 saturated carbocycles. The summed E-state index contributed by atoms with van der Waals surface area (Å²) in [7, 11) is 0. The largest absolute Gasteiger partial charge is 0.379 e. The molecule has 1 aromatic carbocycles. The minimum absolute atomic E-state index is 0.102. The summed E-state index contributed by atoms with van der Waals surface area (Å²) >= 11 is 1.72. The molecule has 5 heteroatoms. The van der Waals surface area contributed by atoms with Crippen molar-refractivity contribution in [3.05, 3.63) is 39.8 Å². The number of benzene rings is 1. The molecule has 0 bridgehead atoms. The van der Waals surface area contributed by atoms with Gasteiger partial charge in [-0.1, -0.05) is 20.8 Å². The first-order chi connectivity index (χ1) is 10.9. The molecule has 2 N–H and O–H groups in total. The third kappa shape index (κ3) is 3.91. The maximum absolute atomic E-state index is 11.6. The fraction of sp³-hybridized carbons (Fsp3) is 0.444. The Morgan fingerprint density at radius 3 is 2.87 bits per heavy atom. The summed E-state index contributed by atoms with van der Waals surface area (Å²) in [6, 6.07) is 6.14. The van der Waals surface area contributed by atoms with E-state index < -0.39 is 0 Å². The molecule has 0 atom stereocenters. The Balaban J connectivity index is 1.68. The first-order valence-electron chi connectivity index (χ1n) is 8.03. The lowest BCUT2D eigenvalue weighted by Crippen LogP contribution is -2.11. The van der Waals surface area contributed by atoms with Crippen molar-refractivity contribution in [2.24, 2.45) is 0 Å². The second-order valence-corrected chi connectivity index (χ2v) is 7.88. The van der Waals surface area contributed by atoms with Crippen LogP contribution in [0.4, 0.5) is 11.4 Å². The Bertz CT molecular complexity index is 715. The van der Waals surface area contributed by atoms with Gasteiger partial charge in [0.2, 0.25) is 5.91 Å². The highest BCUT2D eigenvalue weighted by molar-refractivity contribution is 7.09. The van der Waals surface area contributed by atoms with Crippen molar-refractivity contribution >= 4 is 28.6 Å². The molecule has 4 nitrogen and oxygen atoms in total. The van der Waals surface area contributed by atoms with E-state index in [4.69, 9.17) is 4.98 Å². The Hall–Kier alpha value is -1.88. The molecule has 23 heavy (non-hydrogen) atoms. The molecule has 1 amide bonds. The first kappa shape index (κ1) is 16.0. The number of nitrogens with zero attached hydrogens (tertiary/aromatic N) is 1. The van der Waals surface area contributed by atoms with Gasteiger partial charge in [0.15, 0.2) is 0 Å². The number of anilines is 2. The van der Waals surface area contributed by atoms with Crippen molar-refractivity contribution in [2.75, 3.05) is 10.6 Å². The van der Waals surface area contributed by atoms with Crippen LogP contribution in [0.15, 0.2) is 23.6 Å². The van der Waals surface area contributed by atoms with Crippen molar-refractivity contribution in [3.63, 3.8) is 0 Å². The van der Waals surface area contributed by atoms with Gasteiger partial charge in [-0.15, -0.1) is 11.3 Å². The number of thiazole rings is 1. The lowest BCUT2D eigenvalue weighted by Gasteiger charge is -2.13. The van der Waals surface area contributed by atoms with Crippen molar-refractivity contribution in [2.45, 2.75) is 52.0 Å². The van der Waals surface area contributed by atoms with Gasteiger partial charge in [0.25, 0.3) is 0 Å². The molecule has 0 saturated heterocycles. The van der Waals surface area contributed by atoms with Crippen LogP contribution in [-0.4, -0.2) is 10.9 Å². The predicted molar refractivity (Wildman–Crippen MR) is 96.2 cm³/mol. The average Bonchev–Trinajstić information content (AvgIpc) is 2.89. The van der Waals surface area contributed by atoms with E-state index >= 15 is 0 Å². The quantitative estimate of drug-likeness (QED) is 0.881. The SMILES string of the molecule is CC(C)(C)c1nc(CNc2ccc3c(c2)CCCC(=O)N3)cs1. The normalized spacial score (nSPS) is 14.8. The second-order valence-electron chi connectivity index (χ2n) is 7.02. The third-order valence-electron chi connectivity index (χ3n) is 3.90. The smallest absolute Gasteiger partial charge is 0.224 e. The van der Waals surface area contributed by atoms with Crippen molar-refractivity contribution in [3.8, 4) is 0 Å². The highest BCUT2D eigenvalue weighted by Gasteiger charge is 2.18. The van der Waals surface area contributed by atoms with Gasteiger partial charge in [0, 0.05) is 28.6 Å². The molecule has 0 aliphatic carbocycles. The van der Waals surface area contributed by atoms with Gasteiger partial charge < -0.3 is 10.6 Å². The molecule has 1 aliphatic rings. The van der Waals surface area contributed by atoms with E-state index in [0.29, 0.717) is 6.42 Å². The third-order valence-corrected chi connectivity index (χ3v) is 5.21. The summed E-state index contributed by atoms with van der Waals surface area (Å²) in [5.74, 6) is 0.113. The van der Waals surface area contributed by atoms with E-state index in [1.807, 2.05) is 12.1 Å². The molecule has 0 spiro atoms. The van der Waals surface area contributed by atoms with E-state index in [2.05, 4.69) is 42.9 Å². The van der Waals surface area contributed by atoms with Crippen LogP contribution in [0.25, 0.3) is 0 Å². The molecular formula is C18H23N3OS. The highest BCUT2D eigenvalue weighted by Crippen LogP contribution is 2.27. The summed E-state index contributed by atoms with van der Waals surface area (Å²) in [6.45, 7) is 7.27. The topological polar surface area (TPSA) is 54.0 Å². The van der Waals surface area contributed by atoms with Crippen LogP contribution >= 0.6 is 11.3 Å². The minimum Gasteiger partial charge on any atom is -0.379 e. The number of hydrogen-bond donors (Lipinski definition) is 2. The van der Waals surface area contributed by atoms with E-state index in [1.165, 1.54) is 10.6 Å². The number of nitrogens with one attached hydrogen (secondary N) is 2. The van der Waals surface area contributed by atoms with Crippen LogP contribution in [0.2, 0.25) is 0 Å². The Labute approximate surface area is 141 Å². The lowest BCUT2D eigenvalue weighted by atomic mass is 9.98. The van der Waals surface area contributed by atoms with Gasteiger partial charge in [0.1, 0.15) is 0 Å². The van der Waals surface area contributed by atoms with Crippen LogP contribution < -0.4 is 10.6 Å². The Morgan fingerprint density at radius 1 is 1.30 bits per heavy atom. The number of fused-ring (bicyclic) bond motifs is 1. The van der Waals surface area contributed by atoms with Crippen LogP contribution in [0.1, 0.15) is 49.9 Å². The zero-order valence-electron chi connectivity index (χ0n) is 13.9. The van der Waals surface area contributed by atoms with Gasteiger partial charge in [0.05, 0.1) is 17.2 Å². The number of hydrogen-bond acceptors (Lipinski definition) is 4. The van der Waals surface area contributed by atoms with Gasteiger partial charge in [-0.3, -0.25) is 4.79 Å². The summed E-state index contributed by atoms with van der Waals surface area (Å²) in [5.41, 5.74) is 4.40. The lowest BCUT2D eigenvalue weighted by molar-refractivity contribution is -0.116. The van der Waals surface area contributed by atoms with E-state index in [0.717, 1.165) is 36.5 Å². The molecule has 2 heterocycles. The van der Waals surface area contributed by atoms with Crippen molar-refractivity contribution in [1.82, 2.24) is 4.98 Å². The number of carbonyl (C=O) groups excluding carboxylic acids is 1. The monoisotopic (exact) mass is 329 g/mol. The Kier molecular flexibility index (Phi) is 4.39. The van der Waals surface area contributed by atoms with Gasteiger partial charge >= 0.3 is 0 Å². The van der Waals surface area contributed by atoms with Crippen LogP contribution in [0.5, 0.6) is 0 Å². The zero-order valence-corrected chi connectivity index (χ0v) is 14.7. The molecule has 0 radical (unpaired) electrons. The van der Waals surface area contributed by atoms with Gasteiger partial charge in [-0.25, -0.2) is 4.98 Å². The van der Waals surface area contributed by atoms with Crippen molar-refractivity contribution in [1.29, 1.82) is 0 Å². The summed E-state index contributed by atoms with van der Waals surface area (Å²) in [6.07, 6.45) is 2.45. The number of carbonyl (C=O) groups is 1. The maximum atomic E-state index is 11.6. The van der Waals surface area contributed by atoms with Gasteiger partial charge in [-0.2, -0.15) is 0 Å². The highest BCUT2D eigenvalue weighted by atomic mass is 32.1. The fourth-order valence-corrected chi connectivity index (χ4v) is 3.52. The fourth-order valence-electron chi connectivity index (χ4n) is 2.61. The van der Waals surface area contributed by atoms with Crippen molar-refractivity contribution < 1.29 is 4.79 Å². The summed E-state index contributed by atoms with van der Waals surface area (Å²) in [5, 5.41) is 9.69. The predicted octanol–water partition coefficient (Wildman–Crippen LogP) is 4.33. The molecule has 122 valence electrons. The molecule has 1 aliphatic heterocycles. The average molecular weight is 329 g/mol. The summed E-state index contributed by atoms with van der Waals surface area (Å²) in [4.78, 5) is 16.3. The van der Waals surface area contributed by atoms with E-state index in [9.17, 15) is 4.79 Å². The van der Waals surface area contributed by atoms with Crippen LogP contribution in [0, 0.1) is 0 Å². The molecule has 0 fully saturated rings. The molecule has 0 unspecified atom stereocenters. The molecular weight excluding hydrogens is 306 g/mol. The number of rotatable bonds is 3. The second kappa shape index (κ2) is 6.32. The zero-order chi connectivity index (χ0) is 16.4. The number of aryl methyl sites for hydroxylation is 1. The van der Waals surface area contributed by atoms with E-state index in [-0.39, 0.29) is 11.3 Å². The molecule has 2 aromatic rings. The number of aromatic nitrogens is 1. The van der Waals surface area contributed by atoms with Gasteiger partial charge in [-0.05, 0) is 36.6 Å². The van der Waals surface area contributed by atoms with E-state index in [1.54, 1.807) is 11.3 Å². The molecule has 1 aromatic heterocycles. The summed E-state index contributed by atoms with van der Waals surface area (Å²) < 4.78 is 0. The number of amides is 1. The molecule has 3 rings (SSSR count). The maximum Gasteiger partial charge on any atom is 0.224 e. The first-order valence-corrected chi connectivity index (χ1v) is 8.91. The standard InChI is InChI=1S/C18H23N3OS/c1-18(2,3)17-20-14(11-23-17)10-19-13-7-8-15-12(9-13)5-4-6-16(22)21-15/h7-9,11,19H,4-6,10H2,1-3H3,(H,21,22). The van der Waals surface area contributed by atoms with Crippen LogP contribution in [0.3, 0.4) is 0 Å². The minimum atomic E-state index is 0.102. The van der Waals surface area contributed by atoms with Crippen LogP contribution in [-0.2, 0) is 23.2 Å². The Morgan fingerprint density at radius 2 is 2.13 bits per heavy atom.